The van der Waals surface area contributed by atoms with E-state index >= 15 is 0 Å². The van der Waals surface area contributed by atoms with Crippen molar-refractivity contribution in [3.05, 3.63) is 23.6 Å². The maximum atomic E-state index is 2.94. The lowest BCUT2D eigenvalue weighted by Gasteiger charge is -1.92. The predicted octanol–water partition coefficient (Wildman–Crippen LogP) is 2.92. The van der Waals surface area contributed by atoms with Gasteiger partial charge in [0.05, 0.1) is 0 Å². The molecular formula is C9H14. The average Bonchev–Trinajstić information content (AvgIpc) is 1.80. The van der Waals surface area contributed by atoms with Gasteiger partial charge < -0.3 is 0 Å². The Morgan fingerprint density at radius 2 is 2.00 bits per heavy atom. The van der Waals surface area contributed by atoms with E-state index in [0.29, 0.717) is 0 Å². The Bertz CT molecular complexity index is 139. The lowest BCUT2D eigenvalue weighted by molar-refractivity contribution is 0.664. The Morgan fingerprint density at radius 3 is 2.44 bits per heavy atom. The minimum Gasteiger partial charge on any atom is -0.0753 e. The molecule has 0 saturated heterocycles. The molecule has 0 fully saturated rings. The summed E-state index contributed by atoms with van der Waals surface area (Å²) in [5.41, 5.74) is 5.81. The maximum absolute atomic E-state index is 2.94. The zero-order chi connectivity index (χ0) is 7.11. The van der Waals surface area contributed by atoms with Crippen LogP contribution < -0.4 is 0 Å². The van der Waals surface area contributed by atoms with E-state index < -0.39 is 0 Å². The van der Waals surface area contributed by atoms with Crippen molar-refractivity contribution in [3.8, 4) is 0 Å². The second-order valence-electron chi connectivity index (χ2n) is 2.41. The molecule has 0 unspecified atom stereocenters. The zero-order valence-electron chi connectivity index (χ0n) is 6.44. The molecule has 0 rings (SSSR count). The van der Waals surface area contributed by atoms with Gasteiger partial charge in [-0.15, -0.1) is 0 Å². The van der Waals surface area contributed by atoms with Gasteiger partial charge in [0, 0.05) is 0 Å². The first-order valence-corrected chi connectivity index (χ1v) is 3.38. The van der Waals surface area contributed by atoms with Crippen LogP contribution in [0, 0.1) is 5.92 Å². The maximum Gasteiger partial charge on any atom is -0.0245 e. The Hall–Kier alpha value is -0.700. The molecule has 0 nitrogen and oxygen atoms in total. The molecule has 0 bridgehead atoms. The number of rotatable bonds is 2. The molecule has 0 saturated carbocycles. The number of hydrogen-bond donors (Lipinski definition) is 0. The van der Waals surface area contributed by atoms with E-state index in [4.69, 9.17) is 0 Å². The molecule has 0 spiro atoms. The first-order chi connectivity index (χ1) is 4.27. The molecule has 0 aromatic carbocycles. The standard InChI is InChI=1S/C9H14/c1-4-5-6-7-8-9(2)3/h4,7,9H,8H2,1-3H3. The summed E-state index contributed by atoms with van der Waals surface area (Å²) < 4.78 is 0. The van der Waals surface area contributed by atoms with Gasteiger partial charge in [0.2, 0.25) is 0 Å². The minimum atomic E-state index is 0.733. The molecule has 0 heterocycles. The highest BCUT2D eigenvalue weighted by Gasteiger charge is 1.84. The third kappa shape index (κ3) is 7.30. The smallest absolute Gasteiger partial charge is 0.0245 e. The van der Waals surface area contributed by atoms with E-state index in [0.717, 1.165) is 12.3 Å². The van der Waals surface area contributed by atoms with Crippen LogP contribution in [-0.2, 0) is 0 Å². The van der Waals surface area contributed by atoms with E-state index in [9.17, 15) is 0 Å². The molecule has 0 aliphatic carbocycles. The van der Waals surface area contributed by atoms with E-state index in [-0.39, 0.29) is 0 Å². The Kier molecular flexibility index (Phi) is 5.01. The molecule has 50 valence electrons. The lowest BCUT2D eigenvalue weighted by atomic mass is 10.1. The van der Waals surface area contributed by atoms with Crippen LogP contribution in [0.4, 0.5) is 0 Å². The lowest BCUT2D eigenvalue weighted by Crippen LogP contribution is -1.79. The zero-order valence-corrected chi connectivity index (χ0v) is 6.44. The summed E-state index contributed by atoms with van der Waals surface area (Å²) in [4.78, 5) is 0. The molecule has 0 heteroatoms. The van der Waals surface area contributed by atoms with Crippen molar-refractivity contribution in [3.63, 3.8) is 0 Å². The van der Waals surface area contributed by atoms with Gasteiger partial charge in [0.25, 0.3) is 0 Å². The van der Waals surface area contributed by atoms with Gasteiger partial charge >= 0.3 is 0 Å². The molecular weight excluding hydrogens is 108 g/mol. The second-order valence-corrected chi connectivity index (χ2v) is 2.41. The topological polar surface area (TPSA) is 0 Å². The van der Waals surface area contributed by atoms with Crippen LogP contribution in [0.5, 0.6) is 0 Å². The average molecular weight is 122 g/mol. The van der Waals surface area contributed by atoms with Gasteiger partial charge in [0.1, 0.15) is 0 Å². The molecule has 0 aliphatic heterocycles. The first-order valence-electron chi connectivity index (χ1n) is 3.38. The minimum absolute atomic E-state index is 0.733. The monoisotopic (exact) mass is 122 g/mol. The van der Waals surface area contributed by atoms with Gasteiger partial charge in [-0.2, -0.15) is 0 Å². The molecule has 0 aromatic rings. The highest BCUT2D eigenvalue weighted by Crippen LogP contribution is 1.97. The van der Waals surface area contributed by atoms with Crippen molar-refractivity contribution in [1.82, 2.24) is 0 Å². The van der Waals surface area contributed by atoms with Crippen LogP contribution in [0.1, 0.15) is 27.2 Å². The Morgan fingerprint density at radius 1 is 1.33 bits per heavy atom. The van der Waals surface area contributed by atoms with Crippen molar-refractivity contribution < 1.29 is 0 Å². The molecule has 0 N–H and O–H groups in total. The van der Waals surface area contributed by atoms with Crippen molar-refractivity contribution in [2.24, 2.45) is 5.92 Å². The van der Waals surface area contributed by atoms with Crippen molar-refractivity contribution in [2.45, 2.75) is 27.2 Å². The van der Waals surface area contributed by atoms with E-state index in [2.05, 4.69) is 25.3 Å². The summed E-state index contributed by atoms with van der Waals surface area (Å²) in [6.45, 7) is 6.32. The van der Waals surface area contributed by atoms with Crippen molar-refractivity contribution in [2.75, 3.05) is 0 Å². The number of allylic oxidation sites excluding steroid dienone is 2. The molecule has 9 heavy (non-hydrogen) atoms. The van der Waals surface area contributed by atoms with Gasteiger partial charge in [0.15, 0.2) is 0 Å². The molecule has 0 aromatic heterocycles. The fraction of sp³-hybridized carbons (Fsp3) is 0.556. The first kappa shape index (κ1) is 8.30. The highest BCUT2D eigenvalue weighted by atomic mass is 13.9. The highest BCUT2D eigenvalue weighted by molar-refractivity contribution is 4.84. The van der Waals surface area contributed by atoms with Gasteiger partial charge in [-0.25, -0.2) is 0 Å². The van der Waals surface area contributed by atoms with Crippen molar-refractivity contribution >= 4 is 0 Å². The Labute approximate surface area is 57.6 Å². The van der Waals surface area contributed by atoms with Gasteiger partial charge in [-0.1, -0.05) is 25.3 Å². The third-order valence-corrected chi connectivity index (χ3v) is 0.919. The fourth-order valence-corrected chi connectivity index (χ4v) is 0.437. The van der Waals surface area contributed by atoms with Crippen LogP contribution in [0.15, 0.2) is 23.6 Å². The molecule has 0 atom stereocenters. The van der Waals surface area contributed by atoms with Crippen LogP contribution in [-0.4, -0.2) is 0 Å². The molecule has 0 amide bonds. The summed E-state index contributed by atoms with van der Waals surface area (Å²) in [6.07, 6.45) is 4.97. The Balaban J connectivity index is 3.61. The predicted molar refractivity (Wildman–Crippen MR) is 41.3 cm³/mol. The van der Waals surface area contributed by atoms with E-state index in [1.54, 1.807) is 0 Å². The van der Waals surface area contributed by atoms with Gasteiger partial charge in [-0.3, -0.25) is 0 Å². The summed E-state index contributed by atoms with van der Waals surface area (Å²) in [5, 5.41) is 0. The molecule has 0 aliphatic rings. The fourth-order valence-electron chi connectivity index (χ4n) is 0.437. The summed E-state index contributed by atoms with van der Waals surface area (Å²) >= 11 is 0. The normalized spacial score (nSPS) is 8.00. The van der Waals surface area contributed by atoms with Crippen LogP contribution in [0.25, 0.3) is 0 Å². The van der Waals surface area contributed by atoms with Crippen LogP contribution >= 0.6 is 0 Å². The molecule has 0 radical (unpaired) electrons. The van der Waals surface area contributed by atoms with Gasteiger partial charge in [-0.05, 0) is 31.4 Å². The third-order valence-electron chi connectivity index (χ3n) is 0.919. The quantitative estimate of drug-likeness (QED) is 0.494. The number of hydrogen-bond acceptors (Lipinski definition) is 0. The summed E-state index contributed by atoms with van der Waals surface area (Å²) in [6, 6.07) is 0. The van der Waals surface area contributed by atoms with Crippen LogP contribution in [0.3, 0.4) is 0 Å². The van der Waals surface area contributed by atoms with E-state index in [1.165, 1.54) is 0 Å². The summed E-state index contributed by atoms with van der Waals surface area (Å²) in [5.74, 6) is 0.733. The largest absolute Gasteiger partial charge is 0.0753 e. The van der Waals surface area contributed by atoms with Crippen LogP contribution in [0.2, 0.25) is 0 Å². The second kappa shape index (κ2) is 5.44. The van der Waals surface area contributed by atoms with Crippen molar-refractivity contribution in [1.29, 1.82) is 0 Å². The SMILES string of the molecule is CC=C=C=CCC(C)C. The van der Waals surface area contributed by atoms with E-state index in [1.807, 2.05) is 19.1 Å². The summed E-state index contributed by atoms with van der Waals surface area (Å²) in [7, 11) is 0.